The summed E-state index contributed by atoms with van der Waals surface area (Å²) in [5.74, 6) is 1.90. The summed E-state index contributed by atoms with van der Waals surface area (Å²) in [4.78, 5) is 9.05. The molecule has 0 bridgehead atoms. The SMILES string of the molecule is CSCCCCN=C(N)N1CCN(c2ccc(Cl)cc2)CC1.I. The largest absolute Gasteiger partial charge is 0.370 e. The molecule has 0 amide bonds. The van der Waals surface area contributed by atoms with Gasteiger partial charge in [0.2, 0.25) is 0 Å². The first-order valence-electron chi connectivity index (χ1n) is 7.75. The summed E-state index contributed by atoms with van der Waals surface area (Å²) < 4.78 is 0. The Morgan fingerprint density at radius 1 is 1.17 bits per heavy atom. The Bertz CT molecular complexity index is 475. The van der Waals surface area contributed by atoms with Crippen LogP contribution in [-0.4, -0.2) is 55.6 Å². The summed E-state index contributed by atoms with van der Waals surface area (Å²) in [6.07, 6.45) is 4.46. The number of benzene rings is 1. The van der Waals surface area contributed by atoms with Crippen LogP contribution in [0.1, 0.15) is 12.8 Å². The van der Waals surface area contributed by atoms with Gasteiger partial charge >= 0.3 is 0 Å². The van der Waals surface area contributed by atoms with Crippen molar-refractivity contribution in [2.45, 2.75) is 12.8 Å². The van der Waals surface area contributed by atoms with Crippen LogP contribution in [0.5, 0.6) is 0 Å². The highest BCUT2D eigenvalue weighted by atomic mass is 127. The monoisotopic (exact) mass is 468 g/mol. The standard InChI is InChI=1S/C16H25ClN4S.HI/c1-22-13-3-2-8-19-16(18)21-11-9-20(10-12-21)15-6-4-14(17)5-7-15;/h4-7H,2-3,8-13H2,1H3,(H2,18,19);1H. The third-order valence-electron chi connectivity index (χ3n) is 3.83. The van der Waals surface area contributed by atoms with E-state index >= 15 is 0 Å². The maximum Gasteiger partial charge on any atom is 0.191 e. The molecule has 2 rings (SSSR count). The summed E-state index contributed by atoms with van der Waals surface area (Å²) in [6, 6.07) is 8.02. The second-order valence-electron chi connectivity index (χ2n) is 5.39. The van der Waals surface area contributed by atoms with Crippen LogP contribution in [0.25, 0.3) is 0 Å². The molecule has 1 heterocycles. The second kappa shape index (κ2) is 11.3. The van der Waals surface area contributed by atoms with E-state index in [2.05, 4.69) is 33.2 Å². The summed E-state index contributed by atoms with van der Waals surface area (Å²) in [6.45, 7) is 4.60. The van der Waals surface area contributed by atoms with Gasteiger partial charge in [-0.2, -0.15) is 11.8 Å². The van der Waals surface area contributed by atoms with Gasteiger partial charge in [0, 0.05) is 43.4 Å². The molecule has 1 aromatic rings. The molecule has 4 nitrogen and oxygen atoms in total. The number of rotatable bonds is 6. The molecule has 2 N–H and O–H groups in total. The number of aliphatic imine (C=N–C) groups is 1. The smallest absolute Gasteiger partial charge is 0.191 e. The van der Waals surface area contributed by atoms with Crippen LogP contribution in [0.4, 0.5) is 5.69 Å². The number of hydrogen-bond acceptors (Lipinski definition) is 3. The number of guanidine groups is 1. The molecule has 1 aliphatic rings. The van der Waals surface area contributed by atoms with Crippen molar-refractivity contribution in [1.82, 2.24) is 4.90 Å². The number of hydrogen-bond donors (Lipinski definition) is 1. The zero-order valence-corrected chi connectivity index (χ0v) is 17.5. The highest BCUT2D eigenvalue weighted by Gasteiger charge is 2.18. The van der Waals surface area contributed by atoms with Crippen LogP contribution in [0.2, 0.25) is 5.02 Å². The molecule has 0 atom stereocenters. The number of piperazine rings is 1. The first kappa shape index (κ1) is 20.7. The fourth-order valence-corrected chi connectivity index (χ4v) is 3.12. The minimum absolute atomic E-state index is 0. The van der Waals surface area contributed by atoms with Crippen molar-refractivity contribution < 1.29 is 0 Å². The van der Waals surface area contributed by atoms with Crippen molar-refractivity contribution in [1.29, 1.82) is 0 Å². The first-order chi connectivity index (χ1) is 10.7. The molecule has 23 heavy (non-hydrogen) atoms. The van der Waals surface area contributed by atoms with E-state index < -0.39 is 0 Å². The Morgan fingerprint density at radius 3 is 2.43 bits per heavy atom. The van der Waals surface area contributed by atoms with E-state index in [0.29, 0.717) is 5.96 Å². The minimum Gasteiger partial charge on any atom is -0.370 e. The van der Waals surface area contributed by atoms with E-state index in [1.807, 2.05) is 23.9 Å². The van der Waals surface area contributed by atoms with Gasteiger partial charge in [0.25, 0.3) is 0 Å². The Kier molecular flexibility index (Phi) is 10.1. The maximum atomic E-state index is 6.10. The summed E-state index contributed by atoms with van der Waals surface area (Å²) in [7, 11) is 0. The van der Waals surface area contributed by atoms with Gasteiger partial charge < -0.3 is 15.5 Å². The quantitative estimate of drug-likeness (QED) is 0.300. The number of nitrogens with two attached hydrogens (primary N) is 1. The molecule has 1 aliphatic heterocycles. The van der Waals surface area contributed by atoms with Gasteiger partial charge in [0.05, 0.1) is 0 Å². The Labute approximate surface area is 165 Å². The molecular weight excluding hydrogens is 443 g/mol. The van der Waals surface area contributed by atoms with Crippen LogP contribution in [0.15, 0.2) is 29.3 Å². The third kappa shape index (κ3) is 6.97. The lowest BCUT2D eigenvalue weighted by Gasteiger charge is -2.36. The van der Waals surface area contributed by atoms with Crippen molar-refractivity contribution in [3.05, 3.63) is 29.3 Å². The van der Waals surface area contributed by atoms with E-state index in [0.717, 1.165) is 44.2 Å². The number of anilines is 1. The summed E-state index contributed by atoms with van der Waals surface area (Å²) in [5, 5.41) is 0.778. The van der Waals surface area contributed by atoms with Gasteiger partial charge in [0.15, 0.2) is 5.96 Å². The average molecular weight is 469 g/mol. The number of nitrogens with zero attached hydrogens (tertiary/aromatic N) is 3. The number of unbranched alkanes of at least 4 members (excludes halogenated alkanes) is 1. The molecule has 7 heteroatoms. The predicted molar refractivity (Wildman–Crippen MR) is 115 cm³/mol. The lowest BCUT2D eigenvalue weighted by molar-refractivity contribution is 0.380. The van der Waals surface area contributed by atoms with Crippen LogP contribution in [0, 0.1) is 0 Å². The zero-order valence-electron chi connectivity index (χ0n) is 13.6. The van der Waals surface area contributed by atoms with Crippen LogP contribution >= 0.6 is 47.3 Å². The van der Waals surface area contributed by atoms with Gasteiger partial charge in [-0.15, -0.1) is 24.0 Å². The van der Waals surface area contributed by atoms with Gasteiger partial charge in [0.1, 0.15) is 0 Å². The van der Waals surface area contributed by atoms with E-state index in [4.69, 9.17) is 17.3 Å². The van der Waals surface area contributed by atoms with Crippen LogP contribution < -0.4 is 10.6 Å². The molecule has 1 saturated heterocycles. The Balaban J connectivity index is 0.00000264. The maximum absolute atomic E-state index is 6.10. The van der Waals surface area contributed by atoms with Gasteiger partial charge in [-0.3, -0.25) is 4.99 Å². The molecule has 0 aliphatic carbocycles. The Hall–Kier alpha value is -0.340. The van der Waals surface area contributed by atoms with Crippen LogP contribution in [0.3, 0.4) is 0 Å². The molecule has 0 unspecified atom stereocenters. The Morgan fingerprint density at radius 2 is 1.83 bits per heavy atom. The van der Waals surface area contributed by atoms with E-state index in [-0.39, 0.29) is 24.0 Å². The van der Waals surface area contributed by atoms with E-state index in [1.54, 1.807) is 0 Å². The molecule has 0 saturated carbocycles. The van der Waals surface area contributed by atoms with Crippen LogP contribution in [-0.2, 0) is 0 Å². The van der Waals surface area contributed by atoms with Gasteiger partial charge in [-0.05, 0) is 49.1 Å². The first-order valence-corrected chi connectivity index (χ1v) is 9.52. The number of halogens is 2. The lowest BCUT2D eigenvalue weighted by atomic mass is 10.2. The highest BCUT2D eigenvalue weighted by Crippen LogP contribution is 2.19. The summed E-state index contributed by atoms with van der Waals surface area (Å²) in [5.41, 5.74) is 7.32. The fourth-order valence-electron chi connectivity index (χ4n) is 2.50. The van der Waals surface area contributed by atoms with Crippen molar-refractivity contribution in [2.24, 2.45) is 10.7 Å². The molecule has 1 aromatic carbocycles. The normalized spacial score (nSPS) is 15.5. The zero-order chi connectivity index (χ0) is 15.8. The highest BCUT2D eigenvalue weighted by molar-refractivity contribution is 14.0. The lowest BCUT2D eigenvalue weighted by Crippen LogP contribution is -2.51. The molecule has 0 radical (unpaired) electrons. The molecule has 0 aromatic heterocycles. The van der Waals surface area contributed by atoms with Gasteiger partial charge in [-0.1, -0.05) is 11.6 Å². The van der Waals surface area contributed by atoms with Crippen molar-refractivity contribution in [3.8, 4) is 0 Å². The second-order valence-corrected chi connectivity index (χ2v) is 6.81. The fraction of sp³-hybridized carbons (Fsp3) is 0.562. The predicted octanol–water partition coefficient (Wildman–Crippen LogP) is 3.54. The van der Waals surface area contributed by atoms with Crippen molar-refractivity contribution in [3.63, 3.8) is 0 Å². The van der Waals surface area contributed by atoms with Gasteiger partial charge in [-0.25, -0.2) is 0 Å². The molecule has 0 spiro atoms. The minimum atomic E-state index is 0. The van der Waals surface area contributed by atoms with E-state index in [1.165, 1.54) is 17.9 Å². The van der Waals surface area contributed by atoms with Crippen molar-refractivity contribution in [2.75, 3.05) is 49.6 Å². The third-order valence-corrected chi connectivity index (χ3v) is 4.77. The topological polar surface area (TPSA) is 44.9 Å². The molecule has 130 valence electrons. The summed E-state index contributed by atoms with van der Waals surface area (Å²) >= 11 is 7.82. The molecule has 1 fully saturated rings. The van der Waals surface area contributed by atoms with Crippen molar-refractivity contribution >= 4 is 59.0 Å². The molecular formula is C16H26ClIN4S. The average Bonchev–Trinajstić information content (AvgIpc) is 2.55. The number of thioether (sulfide) groups is 1. The van der Waals surface area contributed by atoms with E-state index in [9.17, 15) is 0 Å².